The lowest BCUT2D eigenvalue weighted by Gasteiger charge is -2.13. The molecular formula is C16H14N2O4. The van der Waals surface area contributed by atoms with Crippen molar-refractivity contribution in [1.29, 1.82) is 0 Å². The number of benzene rings is 1. The van der Waals surface area contributed by atoms with Gasteiger partial charge in [-0.1, -0.05) is 24.3 Å². The minimum Gasteiger partial charge on any atom is -0.451 e. The summed E-state index contributed by atoms with van der Waals surface area (Å²) in [7, 11) is 0. The number of hydrogen-bond acceptors (Lipinski definition) is 5. The summed E-state index contributed by atoms with van der Waals surface area (Å²) >= 11 is 0. The number of aromatic nitrogens is 1. The maximum Gasteiger partial charge on any atom is 0.357 e. The van der Waals surface area contributed by atoms with Gasteiger partial charge in [0.15, 0.2) is 6.61 Å². The Labute approximate surface area is 126 Å². The maximum atomic E-state index is 11.9. The number of likely N-dealkylation sites (tertiary alicyclic amines) is 1. The van der Waals surface area contributed by atoms with E-state index in [0.717, 1.165) is 10.3 Å². The zero-order valence-electron chi connectivity index (χ0n) is 11.8. The van der Waals surface area contributed by atoms with Crippen LogP contribution in [0.5, 0.6) is 0 Å². The number of nitrogens with zero attached hydrogens (tertiary/aromatic N) is 2. The summed E-state index contributed by atoms with van der Waals surface area (Å²) in [6.45, 7) is -0.0531. The second-order valence-corrected chi connectivity index (χ2v) is 5.01. The van der Waals surface area contributed by atoms with Gasteiger partial charge < -0.3 is 4.74 Å². The molecule has 0 aliphatic carbocycles. The molecule has 3 rings (SSSR count). The molecule has 6 heteroatoms. The highest BCUT2D eigenvalue weighted by Crippen LogP contribution is 2.13. The van der Waals surface area contributed by atoms with E-state index < -0.39 is 18.5 Å². The summed E-state index contributed by atoms with van der Waals surface area (Å²) in [5, 5.41) is 0.915. The lowest BCUT2D eigenvalue weighted by molar-refractivity contribution is -0.143. The van der Waals surface area contributed by atoms with Gasteiger partial charge in [0.25, 0.3) is 5.91 Å². The summed E-state index contributed by atoms with van der Waals surface area (Å²) in [6.07, 6.45) is 1.02. The average Bonchev–Trinajstić information content (AvgIpc) is 2.98. The summed E-state index contributed by atoms with van der Waals surface area (Å²) in [5.74, 6) is -1.38. The van der Waals surface area contributed by atoms with Crippen LogP contribution in [0.2, 0.25) is 0 Å². The van der Waals surface area contributed by atoms with Gasteiger partial charge in [-0.25, -0.2) is 9.78 Å². The summed E-state index contributed by atoms with van der Waals surface area (Å²) in [6, 6.07) is 10.7. The number of rotatable bonds is 3. The Balaban J connectivity index is 1.65. The molecule has 1 aromatic heterocycles. The molecule has 0 spiro atoms. The molecule has 6 nitrogen and oxygen atoms in total. The minimum atomic E-state index is -0.675. The normalized spacial score (nSPS) is 14.4. The van der Waals surface area contributed by atoms with Gasteiger partial charge >= 0.3 is 5.97 Å². The van der Waals surface area contributed by atoms with Crippen LogP contribution >= 0.6 is 0 Å². The van der Waals surface area contributed by atoms with Crippen LogP contribution in [0.3, 0.4) is 0 Å². The number of para-hydroxylation sites is 1. The highest BCUT2D eigenvalue weighted by atomic mass is 16.5. The number of fused-ring (bicyclic) bond motifs is 1. The second kappa shape index (κ2) is 5.93. The predicted octanol–water partition coefficient (Wildman–Crippen LogP) is 1.54. The first-order valence-corrected chi connectivity index (χ1v) is 7.01. The van der Waals surface area contributed by atoms with Gasteiger partial charge in [-0.2, -0.15) is 0 Å². The minimum absolute atomic E-state index is 0.138. The van der Waals surface area contributed by atoms with E-state index >= 15 is 0 Å². The SMILES string of the molecule is O=C(OCC(=O)N1CCCC1=O)c1ccc2ccccc2n1. The standard InChI is InChI=1S/C16H14N2O4/c19-14-6-3-9-18(14)15(20)10-22-16(21)13-8-7-11-4-1-2-5-12(11)17-13/h1-2,4-5,7-8H,3,6,9-10H2. The number of pyridine rings is 1. The van der Waals surface area contributed by atoms with Crippen LogP contribution in [0.1, 0.15) is 23.3 Å². The molecule has 0 saturated carbocycles. The second-order valence-electron chi connectivity index (χ2n) is 5.01. The van der Waals surface area contributed by atoms with Crippen LogP contribution in [0, 0.1) is 0 Å². The average molecular weight is 298 g/mol. The third kappa shape index (κ3) is 2.81. The molecule has 2 aromatic rings. The Morgan fingerprint density at radius 1 is 1.18 bits per heavy atom. The highest BCUT2D eigenvalue weighted by molar-refractivity contribution is 5.98. The van der Waals surface area contributed by atoms with Crippen molar-refractivity contribution in [2.75, 3.05) is 13.2 Å². The molecule has 1 aliphatic rings. The lowest BCUT2D eigenvalue weighted by atomic mass is 10.2. The summed E-state index contributed by atoms with van der Waals surface area (Å²) < 4.78 is 4.95. The lowest BCUT2D eigenvalue weighted by Crippen LogP contribution is -2.35. The molecule has 0 bridgehead atoms. The first-order chi connectivity index (χ1) is 10.6. The number of ether oxygens (including phenoxy) is 1. The van der Waals surface area contributed by atoms with Crippen LogP contribution in [0.25, 0.3) is 10.9 Å². The van der Waals surface area contributed by atoms with Crippen LogP contribution in [0.4, 0.5) is 0 Å². The van der Waals surface area contributed by atoms with Crippen LogP contribution in [-0.2, 0) is 14.3 Å². The molecular weight excluding hydrogens is 284 g/mol. The van der Waals surface area contributed by atoms with Crippen molar-refractivity contribution in [3.63, 3.8) is 0 Å². The van der Waals surface area contributed by atoms with Crippen LogP contribution < -0.4 is 0 Å². The quantitative estimate of drug-likeness (QED) is 0.803. The molecule has 0 atom stereocenters. The molecule has 0 radical (unpaired) electrons. The van der Waals surface area contributed by atoms with Crippen molar-refractivity contribution in [1.82, 2.24) is 9.88 Å². The van der Waals surface area contributed by atoms with Crippen molar-refractivity contribution in [2.45, 2.75) is 12.8 Å². The van der Waals surface area contributed by atoms with E-state index in [9.17, 15) is 14.4 Å². The monoisotopic (exact) mass is 298 g/mol. The number of hydrogen-bond donors (Lipinski definition) is 0. The fraction of sp³-hybridized carbons (Fsp3) is 0.250. The van der Waals surface area contributed by atoms with E-state index in [-0.39, 0.29) is 11.6 Å². The number of esters is 1. The van der Waals surface area contributed by atoms with E-state index in [1.807, 2.05) is 18.2 Å². The van der Waals surface area contributed by atoms with E-state index in [2.05, 4.69) is 4.98 Å². The fourth-order valence-corrected chi connectivity index (χ4v) is 2.37. The van der Waals surface area contributed by atoms with Crippen LogP contribution in [-0.4, -0.2) is 40.8 Å². The number of carbonyl (C=O) groups is 3. The third-order valence-electron chi connectivity index (χ3n) is 3.51. The van der Waals surface area contributed by atoms with Gasteiger partial charge in [0.2, 0.25) is 5.91 Å². The van der Waals surface area contributed by atoms with Crippen molar-refractivity contribution >= 4 is 28.7 Å². The van der Waals surface area contributed by atoms with Gasteiger partial charge in [0.05, 0.1) is 5.52 Å². The van der Waals surface area contributed by atoms with Crippen molar-refractivity contribution in [2.24, 2.45) is 0 Å². The molecule has 1 saturated heterocycles. The molecule has 1 aromatic carbocycles. The fourth-order valence-electron chi connectivity index (χ4n) is 2.37. The first-order valence-electron chi connectivity index (χ1n) is 7.01. The third-order valence-corrected chi connectivity index (χ3v) is 3.51. The maximum absolute atomic E-state index is 11.9. The molecule has 112 valence electrons. The van der Waals surface area contributed by atoms with E-state index in [1.54, 1.807) is 18.2 Å². The highest BCUT2D eigenvalue weighted by Gasteiger charge is 2.27. The van der Waals surface area contributed by atoms with Crippen molar-refractivity contribution in [3.8, 4) is 0 Å². The molecule has 22 heavy (non-hydrogen) atoms. The van der Waals surface area contributed by atoms with E-state index in [0.29, 0.717) is 24.9 Å². The zero-order chi connectivity index (χ0) is 15.5. The Morgan fingerprint density at radius 3 is 2.77 bits per heavy atom. The summed E-state index contributed by atoms with van der Waals surface area (Å²) in [4.78, 5) is 40.5. The van der Waals surface area contributed by atoms with Crippen molar-refractivity contribution in [3.05, 3.63) is 42.1 Å². The molecule has 2 amide bonds. The molecule has 0 unspecified atom stereocenters. The molecule has 0 N–H and O–H groups in total. The number of amides is 2. The van der Waals surface area contributed by atoms with E-state index in [4.69, 9.17) is 4.74 Å². The Bertz CT molecular complexity index is 757. The number of imide groups is 1. The Morgan fingerprint density at radius 2 is 2.00 bits per heavy atom. The van der Waals surface area contributed by atoms with Gasteiger partial charge in [0.1, 0.15) is 5.69 Å². The van der Waals surface area contributed by atoms with Gasteiger partial charge in [-0.05, 0) is 18.6 Å². The predicted molar refractivity (Wildman–Crippen MR) is 78.0 cm³/mol. The van der Waals surface area contributed by atoms with E-state index in [1.165, 1.54) is 0 Å². The molecule has 1 fully saturated rings. The first kappa shape index (κ1) is 14.2. The molecule has 2 heterocycles. The zero-order valence-corrected chi connectivity index (χ0v) is 11.8. The van der Waals surface area contributed by atoms with Crippen LogP contribution in [0.15, 0.2) is 36.4 Å². The topological polar surface area (TPSA) is 76.6 Å². The number of carbonyl (C=O) groups excluding carboxylic acids is 3. The smallest absolute Gasteiger partial charge is 0.357 e. The Hall–Kier alpha value is -2.76. The summed E-state index contributed by atoms with van der Waals surface area (Å²) in [5.41, 5.74) is 0.817. The van der Waals surface area contributed by atoms with Gasteiger partial charge in [-0.15, -0.1) is 0 Å². The molecule has 1 aliphatic heterocycles. The van der Waals surface area contributed by atoms with Crippen molar-refractivity contribution < 1.29 is 19.1 Å². The van der Waals surface area contributed by atoms with Gasteiger partial charge in [0, 0.05) is 18.4 Å². The Kier molecular flexibility index (Phi) is 3.82. The largest absolute Gasteiger partial charge is 0.451 e. The van der Waals surface area contributed by atoms with Gasteiger partial charge in [-0.3, -0.25) is 14.5 Å².